The van der Waals surface area contributed by atoms with Crippen molar-refractivity contribution in [2.75, 3.05) is 39.1 Å². The van der Waals surface area contributed by atoms with Gasteiger partial charge in [-0.25, -0.2) is 9.78 Å². The lowest BCUT2D eigenvalue weighted by atomic mass is 10.2. The van der Waals surface area contributed by atoms with E-state index in [0.717, 1.165) is 25.9 Å². The molecule has 0 bridgehead atoms. The van der Waals surface area contributed by atoms with Crippen LogP contribution < -0.4 is 5.32 Å². The lowest BCUT2D eigenvalue weighted by molar-refractivity contribution is 0.0527. The van der Waals surface area contributed by atoms with Gasteiger partial charge in [-0.05, 0) is 52.5 Å². The van der Waals surface area contributed by atoms with Crippen LogP contribution >= 0.6 is 0 Å². The fourth-order valence-corrected chi connectivity index (χ4v) is 1.68. The molecule has 1 aromatic rings. The highest BCUT2D eigenvalue weighted by molar-refractivity contribution is 5.94. The highest BCUT2D eigenvalue weighted by Crippen LogP contribution is 2.13. The lowest BCUT2D eigenvalue weighted by Gasteiger charge is -2.11. The van der Waals surface area contributed by atoms with Crippen molar-refractivity contribution >= 4 is 11.8 Å². The molecule has 0 saturated carbocycles. The molecule has 0 spiro atoms. The Kier molecular flexibility index (Phi) is 6.89. The van der Waals surface area contributed by atoms with Gasteiger partial charge >= 0.3 is 5.97 Å². The number of nitrogens with one attached hydrogen (secondary N) is 1. The Morgan fingerprint density at radius 2 is 2.21 bits per heavy atom. The van der Waals surface area contributed by atoms with Gasteiger partial charge in [0, 0.05) is 12.7 Å². The SMILES string of the molecule is CCOC(=O)c1cccnc1NCCCCN(C)C. The molecule has 5 nitrogen and oxygen atoms in total. The van der Waals surface area contributed by atoms with Gasteiger partial charge in [0.15, 0.2) is 0 Å². The molecule has 106 valence electrons. The molecule has 1 aromatic heterocycles. The Balaban J connectivity index is 2.47. The van der Waals surface area contributed by atoms with Gasteiger partial charge in [-0.15, -0.1) is 0 Å². The van der Waals surface area contributed by atoms with Gasteiger partial charge in [0.2, 0.25) is 0 Å². The van der Waals surface area contributed by atoms with Gasteiger partial charge < -0.3 is 15.0 Å². The number of hydrogen-bond acceptors (Lipinski definition) is 5. The van der Waals surface area contributed by atoms with Crippen LogP contribution in [0, 0.1) is 0 Å². The summed E-state index contributed by atoms with van der Waals surface area (Å²) in [5, 5.41) is 3.20. The Bertz CT molecular complexity index is 394. The molecular weight excluding hydrogens is 242 g/mol. The number of carbonyl (C=O) groups is 1. The third-order valence-electron chi connectivity index (χ3n) is 2.63. The van der Waals surface area contributed by atoms with Crippen LogP contribution in [0.15, 0.2) is 18.3 Å². The van der Waals surface area contributed by atoms with Crippen LogP contribution in [0.1, 0.15) is 30.1 Å². The molecular formula is C14H23N3O2. The highest BCUT2D eigenvalue weighted by Gasteiger charge is 2.12. The molecule has 19 heavy (non-hydrogen) atoms. The third-order valence-corrected chi connectivity index (χ3v) is 2.63. The summed E-state index contributed by atoms with van der Waals surface area (Å²) in [4.78, 5) is 18.1. The molecule has 1 N–H and O–H groups in total. The minimum absolute atomic E-state index is 0.327. The third kappa shape index (κ3) is 5.70. The Morgan fingerprint density at radius 3 is 2.89 bits per heavy atom. The van der Waals surface area contributed by atoms with Gasteiger partial charge in [-0.2, -0.15) is 0 Å². The number of carbonyl (C=O) groups excluding carboxylic acids is 1. The number of unbranched alkanes of at least 4 members (excludes halogenated alkanes) is 1. The number of hydrogen-bond donors (Lipinski definition) is 1. The van der Waals surface area contributed by atoms with Gasteiger partial charge in [-0.1, -0.05) is 0 Å². The Labute approximate surface area is 115 Å². The second-order valence-electron chi connectivity index (χ2n) is 4.56. The molecule has 0 fully saturated rings. The van der Waals surface area contributed by atoms with E-state index >= 15 is 0 Å². The first-order valence-electron chi connectivity index (χ1n) is 6.66. The summed E-state index contributed by atoms with van der Waals surface area (Å²) in [5.74, 6) is 0.275. The molecule has 0 aliphatic rings. The first-order valence-corrected chi connectivity index (χ1v) is 6.66. The van der Waals surface area contributed by atoms with Crippen molar-refractivity contribution in [2.24, 2.45) is 0 Å². The maximum Gasteiger partial charge on any atom is 0.341 e. The molecule has 1 rings (SSSR count). The van der Waals surface area contributed by atoms with Crippen molar-refractivity contribution < 1.29 is 9.53 Å². The van der Waals surface area contributed by atoms with Crippen molar-refractivity contribution in [1.29, 1.82) is 0 Å². The smallest absolute Gasteiger partial charge is 0.341 e. The monoisotopic (exact) mass is 265 g/mol. The van der Waals surface area contributed by atoms with Crippen LogP contribution in [0.4, 0.5) is 5.82 Å². The number of ether oxygens (including phenoxy) is 1. The molecule has 5 heteroatoms. The minimum atomic E-state index is -0.327. The molecule has 0 saturated heterocycles. The summed E-state index contributed by atoms with van der Waals surface area (Å²) in [5.41, 5.74) is 0.497. The molecule has 0 aliphatic carbocycles. The van der Waals surface area contributed by atoms with E-state index in [9.17, 15) is 4.79 Å². The average molecular weight is 265 g/mol. The minimum Gasteiger partial charge on any atom is -0.462 e. The normalized spacial score (nSPS) is 10.5. The molecule has 0 atom stereocenters. The fourth-order valence-electron chi connectivity index (χ4n) is 1.68. The van der Waals surface area contributed by atoms with Gasteiger partial charge in [0.05, 0.1) is 6.61 Å². The van der Waals surface area contributed by atoms with E-state index in [1.807, 2.05) is 0 Å². The summed E-state index contributed by atoms with van der Waals surface area (Å²) in [6.45, 7) is 4.03. The van der Waals surface area contributed by atoms with Crippen LogP contribution in [0.3, 0.4) is 0 Å². The molecule has 1 heterocycles. The topological polar surface area (TPSA) is 54.5 Å². The summed E-state index contributed by atoms with van der Waals surface area (Å²) in [6.07, 6.45) is 3.82. The number of esters is 1. The van der Waals surface area contributed by atoms with E-state index in [4.69, 9.17) is 4.74 Å². The van der Waals surface area contributed by atoms with Crippen LogP contribution in [-0.2, 0) is 4.74 Å². The van der Waals surface area contributed by atoms with E-state index in [0.29, 0.717) is 18.0 Å². The predicted octanol–water partition coefficient (Wildman–Crippen LogP) is 2.01. The van der Waals surface area contributed by atoms with E-state index in [2.05, 4.69) is 29.3 Å². The first-order chi connectivity index (χ1) is 9.15. The van der Waals surface area contributed by atoms with Crippen LogP contribution in [0.2, 0.25) is 0 Å². The summed E-state index contributed by atoms with van der Waals surface area (Å²) < 4.78 is 5.00. The van der Waals surface area contributed by atoms with E-state index in [1.165, 1.54) is 0 Å². The maximum absolute atomic E-state index is 11.7. The van der Waals surface area contributed by atoms with Crippen molar-refractivity contribution in [1.82, 2.24) is 9.88 Å². The first kappa shape index (κ1) is 15.4. The van der Waals surface area contributed by atoms with Crippen LogP contribution in [0.5, 0.6) is 0 Å². The zero-order valence-corrected chi connectivity index (χ0v) is 12.0. The number of pyridine rings is 1. The number of anilines is 1. The number of rotatable bonds is 8. The van der Waals surface area contributed by atoms with Crippen LogP contribution in [-0.4, -0.2) is 49.6 Å². The maximum atomic E-state index is 11.7. The fraction of sp³-hybridized carbons (Fsp3) is 0.571. The van der Waals surface area contributed by atoms with E-state index in [-0.39, 0.29) is 5.97 Å². The largest absolute Gasteiger partial charge is 0.462 e. The summed E-state index contributed by atoms with van der Waals surface area (Å²) in [6, 6.07) is 3.47. The van der Waals surface area contributed by atoms with Gasteiger partial charge in [0.1, 0.15) is 11.4 Å². The van der Waals surface area contributed by atoms with Crippen molar-refractivity contribution in [3.63, 3.8) is 0 Å². The second-order valence-corrected chi connectivity index (χ2v) is 4.56. The number of nitrogens with zero attached hydrogens (tertiary/aromatic N) is 2. The second kappa shape index (κ2) is 8.48. The average Bonchev–Trinajstić information content (AvgIpc) is 2.38. The summed E-state index contributed by atoms with van der Waals surface area (Å²) in [7, 11) is 4.12. The molecule has 0 amide bonds. The molecule has 0 aliphatic heterocycles. The molecule has 0 aromatic carbocycles. The molecule has 0 radical (unpaired) electrons. The standard InChI is InChI=1S/C14H23N3O2/c1-4-19-14(18)12-8-7-10-16-13(12)15-9-5-6-11-17(2)3/h7-8,10H,4-6,9,11H2,1-3H3,(H,15,16). The van der Waals surface area contributed by atoms with Crippen molar-refractivity contribution in [2.45, 2.75) is 19.8 Å². The zero-order chi connectivity index (χ0) is 14.1. The zero-order valence-electron chi connectivity index (χ0n) is 12.0. The van der Waals surface area contributed by atoms with E-state index < -0.39 is 0 Å². The lowest BCUT2D eigenvalue weighted by Crippen LogP contribution is -2.15. The predicted molar refractivity (Wildman–Crippen MR) is 76.5 cm³/mol. The van der Waals surface area contributed by atoms with Crippen molar-refractivity contribution in [3.05, 3.63) is 23.9 Å². The van der Waals surface area contributed by atoms with Crippen LogP contribution in [0.25, 0.3) is 0 Å². The summed E-state index contributed by atoms with van der Waals surface area (Å²) >= 11 is 0. The van der Waals surface area contributed by atoms with Crippen molar-refractivity contribution in [3.8, 4) is 0 Å². The Hall–Kier alpha value is -1.62. The van der Waals surface area contributed by atoms with Gasteiger partial charge in [-0.3, -0.25) is 0 Å². The Morgan fingerprint density at radius 1 is 1.42 bits per heavy atom. The number of aromatic nitrogens is 1. The quantitative estimate of drug-likeness (QED) is 0.575. The molecule has 0 unspecified atom stereocenters. The van der Waals surface area contributed by atoms with E-state index in [1.54, 1.807) is 25.3 Å². The highest BCUT2D eigenvalue weighted by atomic mass is 16.5. The van der Waals surface area contributed by atoms with Gasteiger partial charge in [0.25, 0.3) is 0 Å².